The molecule has 3 heterocycles. The predicted molar refractivity (Wildman–Crippen MR) is 95.4 cm³/mol. The average molecular weight is 412 g/mol. The minimum absolute atomic E-state index is 0.0427. The van der Waals surface area contributed by atoms with Crippen LogP contribution in [0.1, 0.15) is 43.5 Å². The molecule has 11 nitrogen and oxygen atoms in total. The maximum absolute atomic E-state index is 13.0. The van der Waals surface area contributed by atoms with Crippen molar-refractivity contribution < 1.29 is 22.5 Å². The fourth-order valence-corrected chi connectivity index (χ4v) is 5.11. The standard InChI is InChI=1S/C16H24N6O5S/c1-4-7-22-14(17-19-20-22)10-26-16(23)13-6-5-8-21(9-13)28(24,25)15-11(2)18-27-12(15)3/h13H,4-10H2,1-3H3. The SMILES string of the molecule is CCCn1nnnc1COC(=O)C1CCCN(S(=O)(=O)c2c(C)noc2C)C1. The molecule has 0 amide bonds. The van der Waals surface area contributed by atoms with E-state index >= 15 is 0 Å². The first-order chi connectivity index (χ1) is 13.3. The molecule has 1 atom stereocenters. The molecule has 3 rings (SSSR count). The molecule has 154 valence electrons. The summed E-state index contributed by atoms with van der Waals surface area (Å²) in [6.45, 7) is 6.12. The number of tetrazole rings is 1. The van der Waals surface area contributed by atoms with Gasteiger partial charge < -0.3 is 9.26 Å². The van der Waals surface area contributed by atoms with E-state index in [1.54, 1.807) is 18.5 Å². The van der Waals surface area contributed by atoms with Crippen LogP contribution in [-0.2, 0) is 32.7 Å². The molecule has 0 N–H and O–H groups in total. The molecule has 0 spiro atoms. The number of rotatable bonds is 7. The Morgan fingerprint density at radius 3 is 2.82 bits per heavy atom. The van der Waals surface area contributed by atoms with Crippen LogP contribution in [-0.4, -0.2) is 57.1 Å². The number of piperidine rings is 1. The van der Waals surface area contributed by atoms with Gasteiger partial charge in [0, 0.05) is 19.6 Å². The Labute approximate surface area is 163 Å². The molecule has 0 aromatic carbocycles. The van der Waals surface area contributed by atoms with Crippen LogP contribution in [0.25, 0.3) is 0 Å². The maximum atomic E-state index is 13.0. The number of hydrogen-bond acceptors (Lipinski definition) is 9. The summed E-state index contributed by atoms with van der Waals surface area (Å²) in [5.74, 6) is -0.291. The van der Waals surface area contributed by atoms with Gasteiger partial charge in [-0.1, -0.05) is 12.1 Å². The van der Waals surface area contributed by atoms with Crippen LogP contribution >= 0.6 is 0 Å². The van der Waals surface area contributed by atoms with E-state index < -0.39 is 21.9 Å². The lowest BCUT2D eigenvalue weighted by molar-refractivity contribution is -0.151. The smallest absolute Gasteiger partial charge is 0.310 e. The summed E-state index contributed by atoms with van der Waals surface area (Å²) in [6.07, 6.45) is 1.98. The largest absolute Gasteiger partial charge is 0.457 e. The summed E-state index contributed by atoms with van der Waals surface area (Å²) in [5, 5.41) is 15.0. The Morgan fingerprint density at radius 1 is 1.36 bits per heavy atom. The van der Waals surface area contributed by atoms with E-state index in [4.69, 9.17) is 9.26 Å². The fraction of sp³-hybridized carbons (Fsp3) is 0.688. The number of esters is 1. The van der Waals surface area contributed by atoms with Gasteiger partial charge in [0.05, 0.1) is 5.92 Å². The molecule has 1 aliphatic rings. The summed E-state index contributed by atoms with van der Waals surface area (Å²) < 4.78 is 39.2. The van der Waals surface area contributed by atoms with Gasteiger partial charge in [0.25, 0.3) is 0 Å². The third-order valence-corrected chi connectivity index (χ3v) is 6.78. The summed E-state index contributed by atoms with van der Waals surface area (Å²) >= 11 is 0. The summed E-state index contributed by atoms with van der Waals surface area (Å²) in [5.41, 5.74) is 0.310. The molecule has 1 aliphatic heterocycles. The number of carbonyl (C=O) groups is 1. The number of ether oxygens (including phenoxy) is 1. The molecule has 12 heteroatoms. The lowest BCUT2D eigenvalue weighted by Gasteiger charge is -2.30. The Kier molecular flexibility index (Phi) is 6.08. The van der Waals surface area contributed by atoms with Gasteiger partial charge in [0.2, 0.25) is 10.0 Å². The Morgan fingerprint density at radius 2 is 2.14 bits per heavy atom. The zero-order valence-electron chi connectivity index (χ0n) is 16.2. The van der Waals surface area contributed by atoms with E-state index in [0.717, 1.165) is 6.42 Å². The zero-order valence-corrected chi connectivity index (χ0v) is 17.0. The molecule has 28 heavy (non-hydrogen) atoms. The Balaban J connectivity index is 1.66. The normalized spacial score (nSPS) is 18.3. The number of aryl methyl sites for hydroxylation is 3. The van der Waals surface area contributed by atoms with Gasteiger partial charge in [-0.15, -0.1) is 5.10 Å². The van der Waals surface area contributed by atoms with Crippen molar-refractivity contribution in [3.8, 4) is 0 Å². The van der Waals surface area contributed by atoms with E-state index in [1.807, 2.05) is 6.92 Å². The second-order valence-corrected chi connectivity index (χ2v) is 8.66. The molecule has 0 bridgehead atoms. The van der Waals surface area contributed by atoms with Crippen LogP contribution in [0.15, 0.2) is 9.42 Å². The van der Waals surface area contributed by atoms with Crippen molar-refractivity contribution in [1.29, 1.82) is 0 Å². The first kappa shape index (κ1) is 20.4. The van der Waals surface area contributed by atoms with Gasteiger partial charge in [-0.25, -0.2) is 13.1 Å². The van der Waals surface area contributed by atoms with Gasteiger partial charge in [0.15, 0.2) is 18.2 Å². The van der Waals surface area contributed by atoms with Crippen molar-refractivity contribution >= 4 is 16.0 Å². The van der Waals surface area contributed by atoms with E-state index in [1.165, 1.54) is 4.31 Å². The fourth-order valence-electron chi connectivity index (χ4n) is 3.29. The lowest BCUT2D eigenvalue weighted by Crippen LogP contribution is -2.43. The summed E-state index contributed by atoms with van der Waals surface area (Å²) in [4.78, 5) is 12.6. The molecule has 0 aliphatic carbocycles. The van der Waals surface area contributed by atoms with Crippen LogP contribution in [0.4, 0.5) is 0 Å². The quantitative estimate of drug-likeness (QED) is 0.606. The van der Waals surface area contributed by atoms with Gasteiger partial charge >= 0.3 is 5.97 Å². The number of sulfonamides is 1. The van der Waals surface area contributed by atoms with Gasteiger partial charge in [-0.2, -0.15) is 4.31 Å². The second kappa shape index (κ2) is 8.35. The van der Waals surface area contributed by atoms with E-state index in [2.05, 4.69) is 20.7 Å². The Bertz CT molecular complexity index is 918. The van der Waals surface area contributed by atoms with Crippen molar-refractivity contribution in [3.63, 3.8) is 0 Å². The van der Waals surface area contributed by atoms with Gasteiger partial charge in [0.1, 0.15) is 10.6 Å². The highest BCUT2D eigenvalue weighted by molar-refractivity contribution is 7.89. The van der Waals surface area contributed by atoms with Crippen LogP contribution in [0.5, 0.6) is 0 Å². The molecule has 1 fully saturated rings. The highest BCUT2D eigenvalue weighted by Gasteiger charge is 2.37. The first-order valence-electron chi connectivity index (χ1n) is 9.19. The number of carbonyl (C=O) groups excluding carboxylic acids is 1. The van der Waals surface area contributed by atoms with Gasteiger partial charge in [-0.3, -0.25) is 4.79 Å². The molecule has 0 radical (unpaired) electrons. The van der Waals surface area contributed by atoms with Crippen molar-refractivity contribution in [1.82, 2.24) is 29.7 Å². The molecule has 2 aromatic heterocycles. The van der Waals surface area contributed by atoms with Crippen molar-refractivity contribution in [2.45, 2.75) is 58.1 Å². The maximum Gasteiger partial charge on any atom is 0.310 e. The first-order valence-corrected chi connectivity index (χ1v) is 10.6. The number of nitrogens with zero attached hydrogens (tertiary/aromatic N) is 6. The van der Waals surface area contributed by atoms with Gasteiger partial charge in [-0.05, 0) is 43.5 Å². The second-order valence-electron chi connectivity index (χ2n) is 6.78. The van der Waals surface area contributed by atoms with Crippen molar-refractivity contribution in [3.05, 3.63) is 17.3 Å². The molecular formula is C16H24N6O5S. The van der Waals surface area contributed by atoms with Crippen LogP contribution < -0.4 is 0 Å². The van der Waals surface area contributed by atoms with Crippen LogP contribution in [0.3, 0.4) is 0 Å². The average Bonchev–Trinajstić information content (AvgIpc) is 3.26. The van der Waals surface area contributed by atoms with E-state index in [-0.39, 0.29) is 23.8 Å². The van der Waals surface area contributed by atoms with E-state index in [9.17, 15) is 13.2 Å². The number of aromatic nitrogens is 5. The Hall–Kier alpha value is -2.34. The molecule has 1 unspecified atom stereocenters. The molecule has 2 aromatic rings. The molecular weight excluding hydrogens is 388 g/mol. The summed E-state index contributed by atoms with van der Waals surface area (Å²) in [7, 11) is -3.79. The minimum atomic E-state index is -3.79. The molecule has 0 saturated carbocycles. The third-order valence-electron chi connectivity index (χ3n) is 4.67. The van der Waals surface area contributed by atoms with Crippen LogP contribution in [0, 0.1) is 19.8 Å². The van der Waals surface area contributed by atoms with Crippen molar-refractivity contribution in [2.24, 2.45) is 5.92 Å². The van der Waals surface area contributed by atoms with E-state index in [0.29, 0.717) is 37.4 Å². The zero-order chi connectivity index (χ0) is 20.3. The lowest BCUT2D eigenvalue weighted by atomic mass is 10.00. The topological polar surface area (TPSA) is 133 Å². The number of hydrogen-bond donors (Lipinski definition) is 0. The third kappa shape index (κ3) is 4.07. The minimum Gasteiger partial charge on any atom is -0.457 e. The van der Waals surface area contributed by atoms with Crippen molar-refractivity contribution in [2.75, 3.05) is 13.1 Å². The highest BCUT2D eigenvalue weighted by atomic mass is 32.2. The highest BCUT2D eigenvalue weighted by Crippen LogP contribution is 2.28. The monoisotopic (exact) mass is 412 g/mol. The summed E-state index contributed by atoms with van der Waals surface area (Å²) in [6, 6.07) is 0. The predicted octanol–water partition coefficient (Wildman–Crippen LogP) is 0.832. The molecule has 1 saturated heterocycles. The van der Waals surface area contributed by atoms with Crippen LogP contribution in [0.2, 0.25) is 0 Å².